The van der Waals surface area contributed by atoms with Crippen LogP contribution in [-0.4, -0.2) is 24.2 Å². The lowest BCUT2D eigenvalue weighted by Crippen LogP contribution is -2.34. The summed E-state index contributed by atoms with van der Waals surface area (Å²) in [6.45, 7) is 1.90. The van der Waals surface area contributed by atoms with Gasteiger partial charge in [0.15, 0.2) is 0 Å². The maximum absolute atomic E-state index is 9.25. The van der Waals surface area contributed by atoms with Crippen molar-refractivity contribution in [3.05, 3.63) is 24.0 Å². The summed E-state index contributed by atoms with van der Waals surface area (Å²) in [5.41, 5.74) is 1.70. The molecule has 0 aliphatic carbocycles. The minimum absolute atomic E-state index is 0.718. The van der Waals surface area contributed by atoms with Crippen molar-refractivity contribution in [2.75, 3.05) is 7.11 Å². The molecule has 1 aromatic rings. The zero-order valence-electron chi connectivity index (χ0n) is 6.61. The summed E-state index contributed by atoms with van der Waals surface area (Å²) < 4.78 is 4.73. The monoisotopic (exact) mass is 151 g/mol. The second-order valence-corrected chi connectivity index (χ2v) is 2.32. The van der Waals surface area contributed by atoms with Crippen molar-refractivity contribution in [2.45, 2.75) is 6.92 Å². The maximum Gasteiger partial charge on any atom is 0.492 e. The van der Waals surface area contributed by atoms with E-state index >= 15 is 0 Å². The minimum atomic E-state index is -0.858. The first-order chi connectivity index (χ1) is 5.25. The number of rotatable bonds is 2. The average molecular weight is 151 g/mol. The zero-order chi connectivity index (χ0) is 8.27. The Bertz CT molecular complexity index is 242. The van der Waals surface area contributed by atoms with Gasteiger partial charge in [-0.25, -0.2) is 0 Å². The van der Waals surface area contributed by atoms with Crippen LogP contribution in [0.25, 0.3) is 0 Å². The lowest BCUT2D eigenvalue weighted by molar-refractivity contribution is 0.341. The largest absolute Gasteiger partial charge is 0.492 e. The SMILES string of the molecule is COB(O)c1cnccc1C. The summed E-state index contributed by atoms with van der Waals surface area (Å²) in [5.74, 6) is 0. The van der Waals surface area contributed by atoms with Crippen LogP contribution in [0.5, 0.6) is 0 Å². The Hall–Kier alpha value is -0.865. The van der Waals surface area contributed by atoms with Crippen LogP contribution in [0, 0.1) is 6.92 Å². The highest BCUT2D eigenvalue weighted by Crippen LogP contribution is 1.91. The number of pyridine rings is 1. The minimum Gasteiger partial charge on any atom is -0.423 e. The average Bonchev–Trinajstić information content (AvgIpc) is 2.04. The van der Waals surface area contributed by atoms with Gasteiger partial charge in [0, 0.05) is 25.0 Å². The molecule has 0 fully saturated rings. The quantitative estimate of drug-likeness (QED) is 0.591. The predicted octanol–water partition coefficient (Wildman–Crippen LogP) is -0.276. The molecular formula is C7H10BNO2. The molecule has 1 heterocycles. The second-order valence-electron chi connectivity index (χ2n) is 2.32. The molecule has 4 heteroatoms. The Labute approximate surface area is 66.2 Å². The molecule has 0 amide bonds. The molecule has 58 valence electrons. The fourth-order valence-corrected chi connectivity index (χ4v) is 0.862. The van der Waals surface area contributed by atoms with Gasteiger partial charge in [-0.2, -0.15) is 0 Å². The first-order valence-corrected chi connectivity index (χ1v) is 3.37. The molecule has 0 spiro atoms. The summed E-state index contributed by atoms with van der Waals surface area (Å²) in [4.78, 5) is 3.87. The topological polar surface area (TPSA) is 42.4 Å². The van der Waals surface area contributed by atoms with Crippen molar-refractivity contribution >= 4 is 12.6 Å². The summed E-state index contributed by atoms with van der Waals surface area (Å²) >= 11 is 0. The van der Waals surface area contributed by atoms with Crippen LogP contribution in [0.4, 0.5) is 0 Å². The van der Waals surface area contributed by atoms with Crippen LogP contribution in [0.3, 0.4) is 0 Å². The Morgan fingerprint density at radius 2 is 2.36 bits per heavy atom. The van der Waals surface area contributed by atoms with Gasteiger partial charge in [0.1, 0.15) is 0 Å². The van der Waals surface area contributed by atoms with Gasteiger partial charge in [-0.05, 0) is 18.6 Å². The lowest BCUT2D eigenvalue weighted by atomic mass is 9.78. The number of hydrogen-bond acceptors (Lipinski definition) is 3. The first-order valence-electron chi connectivity index (χ1n) is 3.37. The number of aromatic nitrogens is 1. The number of aryl methyl sites for hydroxylation is 1. The van der Waals surface area contributed by atoms with E-state index in [0.29, 0.717) is 0 Å². The molecule has 11 heavy (non-hydrogen) atoms. The molecule has 1 N–H and O–H groups in total. The Balaban J connectivity index is 2.93. The molecule has 0 aliphatic rings. The van der Waals surface area contributed by atoms with Gasteiger partial charge in [0.2, 0.25) is 0 Å². The fraction of sp³-hybridized carbons (Fsp3) is 0.286. The molecule has 0 atom stereocenters. The standard InChI is InChI=1S/C7H10BNO2/c1-6-3-4-9-5-7(6)8(10)11-2/h3-5,10H,1-2H3. The molecule has 0 saturated heterocycles. The predicted molar refractivity (Wildman–Crippen MR) is 43.6 cm³/mol. The van der Waals surface area contributed by atoms with Crippen molar-refractivity contribution in [3.8, 4) is 0 Å². The molecular weight excluding hydrogens is 141 g/mol. The molecule has 0 aliphatic heterocycles. The van der Waals surface area contributed by atoms with E-state index in [1.54, 1.807) is 12.4 Å². The van der Waals surface area contributed by atoms with Crippen LogP contribution >= 0.6 is 0 Å². The third-order valence-corrected chi connectivity index (χ3v) is 1.57. The van der Waals surface area contributed by atoms with E-state index < -0.39 is 7.12 Å². The molecule has 0 unspecified atom stereocenters. The molecule has 1 rings (SSSR count). The van der Waals surface area contributed by atoms with Gasteiger partial charge in [0.25, 0.3) is 0 Å². The molecule has 0 bridgehead atoms. The Morgan fingerprint density at radius 1 is 1.64 bits per heavy atom. The van der Waals surface area contributed by atoms with Crippen LogP contribution in [0.1, 0.15) is 5.56 Å². The van der Waals surface area contributed by atoms with Gasteiger partial charge in [-0.15, -0.1) is 0 Å². The van der Waals surface area contributed by atoms with Gasteiger partial charge in [0.05, 0.1) is 0 Å². The maximum atomic E-state index is 9.25. The first kappa shape index (κ1) is 8.23. The second kappa shape index (κ2) is 3.50. The van der Waals surface area contributed by atoms with Gasteiger partial charge in [-0.3, -0.25) is 4.98 Å². The zero-order valence-corrected chi connectivity index (χ0v) is 6.61. The van der Waals surface area contributed by atoms with Gasteiger partial charge < -0.3 is 9.68 Å². The summed E-state index contributed by atoms with van der Waals surface area (Å²) in [5, 5.41) is 9.25. The highest BCUT2D eigenvalue weighted by molar-refractivity contribution is 6.60. The van der Waals surface area contributed by atoms with Crippen molar-refractivity contribution in [2.24, 2.45) is 0 Å². The van der Waals surface area contributed by atoms with Crippen LogP contribution in [0.2, 0.25) is 0 Å². The van der Waals surface area contributed by atoms with Gasteiger partial charge in [-0.1, -0.05) is 0 Å². The van der Waals surface area contributed by atoms with Crippen LogP contribution < -0.4 is 5.46 Å². The van der Waals surface area contributed by atoms with Crippen LogP contribution in [0.15, 0.2) is 18.5 Å². The van der Waals surface area contributed by atoms with E-state index in [2.05, 4.69) is 4.98 Å². The van der Waals surface area contributed by atoms with Crippen LogP contribution in [-0.2, 0) is 4.65 Å². The normalized spacial score (nSPS) is 9.73. The van der Waals surface area contributed by atoms with E-state index in [1.165, 1.54) is 7.11 Å². The van der Waals surface area contributed by atoms with Crippen molar-refractivity contribution in [3.63, 3.8) is 0 Å². The third-order valence-electron chi connectivity index (χ3n) is 1.57. The summed E-state index contributed by atoms with van der Waals surface area (Å²) in [6, 6.07) is 1.83. The summed E-state index contributed by atoms with van der Waals surface area (Å²) in [7, 11) is 0.598. The molecule has 3 nitrogen and oxygen atoms in total. The van der Waals surface area contributed by atoms with E-state index in [1.807, 2.05) is 13.0 Å². The van der Waals surface area contributed by atoms with Crippen molar-refractivity contribution in [1.82, 2.24) is 4.98 Å². The van der Waals surface area contributed by atoms with Gasteiger partial charge >= 0.3 is 7.12 Å². The molecule has 0 radical (unpaired) electrons. The van der Waals surface area contributed by atoms with E-state index in [0.717, 1.165) is 11.0 Å². The smallest absolute Gasteiger partial charge is 0.423 e. The fourth-order valence-electron chi connectivity index (χ4n) is 0.862. The Morgan fingerprint density at radius 3 is 2.91 bits per heavy atom. The lowest BCUT2D eigenvalue weighted by Gasteiger charge is -2.05. The summed E-state index contributed by atoms with van der Waals surface area (Å²) in [6.07, 6.45) is 3.28. The number of nitrogens with zero attached hydrogens (tertiary/aromatic N) is 1. The van der Waals surface area contributed by atoms with Crippen molar-refractivity contribution in [1.29, 1.82) is 0 Å². The number of hydrogen-bond donors (Lipinski definition) is 1. The Kier molecular flexibility index (Phi) is 2.62. The third kappa shape index (κ3) is 1.79. The molecule has 0 aromatic carbocycles. The van der Waals surface area contributed by atoms with E-state index in [4.69, 9.17) is 4.65 Å². The molecule has 1 aromatic heterocycles. The highest BCUT2D eigenvalue weighted by Gasteiger charge is 2.16. The van der Waals surface area contributed by atoms with E-state index in [-0.39, 0.29) is 0 Å². The molecule has 0 saturated carbocycles. The van der Waals surface area contributed by atoms with E-state index in [9.17, 15) is 5.02 Å². The highest BCUT2D eigenvalue weighted by atomic mass is 16.5. The van der Waals surface area contributed by atoms with Crippen molar-refractivity contribution < 1.29 is 9.68 Å².